The summed E-state index contributed by atoms with van der Waals surface area (Å²) in [5, 5.41) is 0. The van der Waals surface area contributed by atoms with Gasteiger partial charge in [-0.25, -0.2) is 19.9 Å². The van der Waals surface area contributed by atoms with Crippen LogP contribution in [0.1, 0.15) is 17.1 Å². The van der Waals surface area contributed by atoms with Crippen molar-refractivity contribution in [3.8, 4) is 11.3 Å². The minimum atomic E-state index is -4.47. The molecule has 0 aromatic carbocycles. The van der Waals surface area contributed by atoms with Crippen LogP contribution in [0.15, 0.2) is 24.7 Å². The van der Waals surface area contributed by atoms with Crippen LogP contribution in [0, 0.1) is 13.8 Å². The third kappa shape index (κ3) is 2.47. The van der Waals surface area contributed by atoms with Crippen LogP contribution in [0.25, 0.3) is 22.4 Å². The lowest BCUT2D eigenvalue weighted by Gasteiger charge is -2.08. The molecule has 3 rings (SSSR count). The molecule has 5 nitrogen and oxygen atoms in total. The van der Waals surface area contributed by atoms with Crippen molar-refractivity contribution in [2.45, 2.75) is 20.0 Å². The van der Waals surface area contributed by atoms with Gasteiger partial charge in [0.15, 0.2) is 5.65 Å². The number of pyridine rings is 1. The van der Waals surface area contributed by atoms with Crippen molar-refractivity contribution in [3.63, 3.8) is 0 Å². The largest absolute Gasteiger partial charge is 0.433 e. The zero-order chi connectivity index (χ0) is 15.9. The molecule has 0 saturated carbocycles. The summed E-state index contributed by atoms with van der Waals surface area (Å²) in [5.41, 5.74) is 2.17. The Morgan fingerprint density at radius 2 is 1.64 bits per heavy atom. The van der Waals surface area contributed by atoms with Gasteiger partial charge in [0.2, 0.25) is 0 Å². The third-order valence-corrected chi connectivity index (χ3v) is 3.21. The Morgan fingerprint density at radius 3 is 2.27 bits per heavy atom. The molecular weight excluding hydrogens is 295 g/mol. The minimum Gasteiger partial charge on any atom is -0.251 e. The third-order valence-electron chi connectivity index (χ3n) is 3.21. The SMILES string of the molecule is Cc1nc2ncnc(-c3ccc(C(F)(F)F)nc3)c2nc1C. The van der Waals surface area contributed by atoms with E-state index in [4.69, 9.17) is 0 Å². The van der Waals surface area contributed by atoms with Crippen molar-refractivity contribution in [1.82, 2.24) is 24.9 Å². The van der Waals surface area contributed by atoms with E-state index in [0.717, 1.165) is 18.0 Å². The van der Waals surface area contributed by atoms with Gasteiger partial charge in [-0.1, -0.05) is 0 Å². The first-order valence-electron chi connectivity index (χ1n) is 6.36. The molecule has 8 heteroatoms. The van der Waals surface area contributed by atoms with E-state index in [1.165, 1.54) is 12.4 Å². The first-order chi connectivity index (χ1) is 10.4. The molecule has 3 aromatic heterocycles. The molecule has 0 bridgehead atoms. The van der Waals surface area contributed by atoms with Gasteiger partial charge in [0.05, 0.1) is 11.4 Å². The molecule has 0 unspecified atom stereocenters. The first-order valence-corrected chi connectivity index (χ1v) is 6.36. The Kier molecular flexibility index (Phi) is 3.23. The number of hydrogen-bond donors (Lipinski definition) is 0. The van der Waals surface area contributed by atoms with E-state index in [9.17, 15) is 13.2 Å². The highest BCUT2D eigenvalue weighted by Crippen LogP contribution is 2.29. The fourth-order valence-corrected chi connectivity index (χ4v) is 1.96. The summed E-state index contributed by atoms with van der Waals surface area (Å²) in [5.74, 6) is 0. The quantitative estimate of drug-likeness (QED) is 0.691. The fourth-order valence-electron chi connectivity index (χ4n) is 1.96. The molecule has 0 spiro atoms. The van der Waals surface area contributed by atoms with E-state index < -0.39 is 11.9 Å². The Hall–Kier alpha value is -2.64. The van der Waals surface area contributed by atoms with Crippen molar-refractivity contribution in [1.29, 1.82) is 0 Å². The number of aryl methyl sites for hydroxylation is 2. The summed E-state index contributed by atoms with van der Waals surface area (Å²) in [6.07, 6.45) is -2.04. The molecular formula is C14H10F3N5. The maximum Gasteiger partial charge on any atom is 0.433 e. The monoisotopic (exact) mass is 305 g/mol. The topological polar surface area (TPSA) is 64.5 Å². The second-order valence-electron chi connectivity index (χ2n) is 4.72. The highest BCUT2D eigenvalue weighted by atomic mass is 19.4. The van der Waals surface area contributed by atoms with Gasteiger partial charge in [-0.05, 0) is 26.0 Å². The molecule has 0 fully saturated rings. The molecule has 0 N–H and O–H groups in total. The molecule has 0 radical (unpaired) electrons. The molecule has 0 saturated heterocycles. The Balaban J connectivity index is 2.16. The highest BCUT2D eigenvalue weighted by molar-refractivity contribution is 5.86. The normalized spacial score (nSPS) is 11.9. The Morgan fingerprint density at radius 1 is 0.909 bits per heavy atom. The molecule has 0 aliphatic heterocycles. The number of aromatic nitrogens is 5. The van der Waals surface area contributed by atoms with Gasteiger partial charge in [0, 0.05) is 11.8 Å². The Bertz CT molecular complexity index is 843. The zero-order valence-electron chi connectivity index (χ0n) is 11.7. The highest BCUT2D eigenvalue weighted by Gasteiger charge is 2.32. The minimum absolute atomic E-state index is 0.396. The number of nitrogens with zero attached hydrogens (tertiary/aromatic N) is 5. The predicted molar refractivity (Wildman–Crippen MR) is 72.8 cm³/mol. The van der Waals surface area contributed by atoms with Gasteiger partial charge in [-0.3, -0.25) is 4.98 Å². The number of halogens is 3. The van der Waals surface area contributed by atoms with Crippen LogP contribution < -0.4 is 0 Å². The van der Waals surface area contributed by atoms with Crippen LogP contribution in [-0.2, 0) is 6.18 Å². The van der Waals surface area contributed by atoms with Crippen molar-refractivity contribution >= 4 is 11.2 Å². The van der Waals surface area contributed by atoms with E-state index in [0.29, 0.717) is 28.1 Å². The summed E-state index contributed by atoms with van der Waals surface area (Å²) < 4.78 is 37.7. The summed E-state index contributed by atoms with van der Waals surface area (Å²) >= 11 is 0. The van der Waals surface area contributed by atoms with Crippen molar-refractivity contribution in [3.05, 3.63) is 41.7 Å². The average Bonchev–Trinajstić information content (AvgIpc) is 2.47. The van der Waals surface area contributed by atoms with E-state index in [-0.39, 0.29) is 0 Å². The van der Waals surface area contributed by atoms with Gasteiger partial charge in [-0.2, -0.15) is 13.2 Å². The van der Waals surface area contributed by atoms with Crippen LogP contribution in [0.5, 0.6) is 0 Å². The molecule has 0 amide bonds. The summed E-state index contributed by atoms with van der Waals surface area (Å²) in [4.78, 5) is 20.3. The van der Waals surface area contributed by atoms with E-state index >= 15 is 0 Å². The molecule has 112 valence electrons. The maximum atomic E-state index is 12.6. The van der Waals surface area contributed by atoms with Crippen LogP contribution >= 0.6 is 0 Å². The fraction of sp³-hybridized carbons (Fsp3) is 0.214. The second kappa shape index (κ2) is 4.97. The van der Waals surface area contributed by atoms with Gasteiger partial charge >= 0.3 is 6.18 Å². The maximum absolute atomic E-state index is 12.6. The van der Waals surface area contributed by atoms with Gasteiger partial charge < -0.3 is 0 Å². The number of alkyl halides is 3. The van der Waals surface area contributed by atoms with Gasteiger partial charge in [0.1, 0.15) is 23.2 Å². The molecule has 22 heavy (non-hydrogen) atoms. The lowest BCUT2D eigenvalue weighted by Crippen LogP contribution is -2.07. The molecule has 3 aromatic rings. The second-order valence-corrected chi connectivity index (χ2v) is 4.72. The van der Waals surface area contributed by atoms with Gasteiger partial charge in [0.25, 0.3) is 0 Å². The van der Waals surface area contributed by atoms with Gasteiger partial charge in [-0.15, -0.1) is 0 Å². The van der Waals surface area contributed by atoms with E-state index in [1.54, 1.807) is 6.92 Å². The van der Waals surface area contributed by atoms with Crippen LogP contribution in [0.4, 0.5) is 13.2 Å². The number of rotatable bonds is 1. The molecule has 0 atom stereocenters. The average molecular weight is 305 g/mol. The molecule has 3 heterocycles. The van der Waals surface area contributed by atoms with Crippen LogP contribution in [0.2, 0.25) is 0 Å². The van der Waals surface area contributed by atoms with E-state index in [1.807, 2.05) is 6.92 Å². The van der Waals surface area contributed by atoms with Crippen LogP contribution in [-0.4, -0.2) is 24.9 Å². The Labute approximate surface area is 123 Å². The smallest absolute Gasteiger partial charge is 0.251 e. The summed E-state index contributed by atoms with van der Waals surface area (Å²) in [6.45, 7) is 3.60. The van der Waals surface area contributed by atoms with Crippen molar-refractivity contribution < 1.29 is 13.2 Å². The number of fused-ring (bicyclic) bond motifs is 1. The lowest BCUT2D eigenvalue weighted by molar-refractivity contribution is -0.141. The number of hydrogen-bond acceptors (Lipinski definition) is 5. The zero-order valence-corrected chi connectivity index (χ0v) is 11.7. The van der Waals surface area contributed by atoms with Crippen LogP contribution in [0.3, 0.4) is 0 Å². The standard InChI is InChI=1S/C14H10F3N5/c1-7-8(2)22-13-12(21-7)11(19-6-20-13)9-3-4-10(18-5-9)14(15,16)17/h3-6H,1-2H3. The lowest BCUT2D eigenvalue weighted by atomic mass is 10.1. The summed E-state index contributed by atoms with van der Waals surface area (Å²) in [6, 6.07) is 2.23. The van der Waals surface area contributed by atoms with Crippen molar-refractivity contribution in [2.75, 3.05) is 0 Å². The van der Waals surface area contributed by atoms with Crippen molar-refractivity contribution in [2.24, 2.45) is 0 Å². The van der Waals surface area contributed by atoms with E-state index in [2.05, 4.69) is 24.9 Å². The summed E-state index contributed by atoms with van der Waals surface area (Å²) in [7, 11) is 0. The molecule has 0 aliphatic rings. The molecule has 0 aliphatic carbocycles. The first kappa shape index (κ1) is 14.3. The predicted octanol–water partition coefficient (Wildman–Crippen LogP) is 3.12.